The first-order valence-electron chi connectivity index (χ1n) is 11.5. The zero-order valence-corrected chi connectivity index (χ0v) is 20.2. The van der Waals surface area contributed by atoms with Crippen molar-refractivity contribution >= 4 is 11.9 Å². The molecule has 1 N–H and O–H groups in total. The Bertz CT molecular complexity index is 914. The molecule has 3 rings (SSSR count). The molecule has 1 aromatic rings. The number of carbonyl (C=O) groups excluding carboxylic acids is 2. The number of aromatic hydroxyl groups is 1. The summed E-state index contributed by atoms with van der Waals surface area (Å²) in [5.41, 5.74) is 3.61. The first-order chi connectivity index (χ1) is 15.7. The average Bonchev–Trinajstić information content (AvgIpc) is 3.17. The molecule has 2 heterocycles. The van der Waals surface area contributed by atoms with Gasteiger partial charge in [0.1, 0.15) is 18.8 Å². The van der Waals surface area contributed by atoms with Crippen LogP contribution in [0.5, 0.6) is 11.5 Å². The lowest BCUT2D eigenvalue weighted by atomic mass is 9.93. The van der Waals surface area contributed by atoms with E-state index >= 15 is 0 Å². The Morgan fingerprint density at radius 2 is 1.94 bits per heavy atom. The number of rotatable bonds is 9. The van der Waals surface area contributed by atoms with Crippen molar-refractivity contribution in [3.8, 4) is 11.5 Å². The van der Waals surface area contributed by atoms with Gasteiger partial charge in [-0.05, 0) is 46.1 Å². The van der Waals surface area contributed by atoms with Crippen molar-refractivity contribution in [2.75, 3.05) is 33.5 Å². The fourth-order valence-corrected chi connectivity index (χ4v) is 4.51. The van der Waals surface area contributed by atoms with Gasteiger partial charge >= 0.3 is 11.9 Å². The number of nitrogens with zero attached hydrogens (tertiary/aromatic N) is 1. The maximum absolute atomic E-state index is 12.2. The lowest BCUT2D eigenvalue weighted by molar-refractivity contribution is -0.145. The van der Waals surface area contributed by atoms with Crippen molar-refractivity contribution in [2.45, 2.75) is 65.6 Å². The molecule has 0 spiro atoms. The van der Waals surface area contributed by atoms with Crippen molar-refractivity contribution in [3.63, 3.8) is 0 Å². The average molecular weight is 462 g/mol. The van der Waals surface area contributed by atoms with Crippen LogP contribution < -0.4 is 4.74 Å². The van der Waals surface area contributed by atoms with Crippen LogP contribution in [-0.2, 0) is 32.0 Å². The van der Waals surface area contributed by atoms with Gasteiger partial charge in [0.25, 0.3) is 0 Å². The van der Waals surface area contributed by atoms with Gasteiger partial charge in [-0.2, -0.15) is 0 Å². The van der Waals surface area contributed by atoms with Gasteiger partial charge in [-0.25, -0.2) is 4.79 Å². The van der Waals surface area contributed by atoms with E-state index in [1.807, 2.05) is 19.9 Å². The molecule has 1 aromatic carbocycles. The highest BCUT2D eigenvalue weighted by Crippen LogP contribution is 2.42. The molecule has 0 radical (unpaired) electrons. The van der Waals surface area contributed by atoms with Crippen molar-refractivity contribution in [1.82, 2.24) is 4.90 Å². The minimum atomic E-state index is -0.529. The Balaban J connectivity index is 1.52. The smallest absolute Gasteiger partial charge is 0.342 e. The number of methoxy groups -OCH3 is 1. The molecule has 0 saturated carbocycles. The molecule has 1 fully saturated rings. The van der Waals surface area contributed by atoms with Crippen LogP contribution in [0.1, 0.15) is 60.7 Å². The fourth-order valence-electron chi connectivity index (χ4n) is 4.51. The van der Waals surface area contributed by atoms with E-state index in [-0.39, 0.29) is 23.9 Å². The predicted octanol–water partition coefficient (Wildman–Crippen LogP) is 3.30. The van der Waals surface area contributed by atoms with Gasteiger partial charge in [-0.3, -0.25) is 9.69 Å². The zero-order valence-electron chi connectivity index (χ0n) is 20.2. The van der Waals surface area contributed by atoms with Gasteiger partial charge < -0.3 is 24.1 Å². The minimum absolute atomic E-state index is 0.154. The molecule has 0 aromatic heterocycles. The Labute approximate surface area is 195 Å². The Morgan fingerprint density at radius 3 is 2.61 bits per heavy atom. The lowest BCUT2D eigenvalue weighted by Crippen LogP contribution is -2.50. The monoisotopic (exact) mass is 461 g/mol. The number of morpholine rings is 1. The van der Waals surface area contributed by atoms with E-state index in [4.69, 9.17) is 18.9 Å². The quantitative estimate of drug-likeness (QED) is 0.442. The highest BCUT2D eigenvalue weighted by atomic mass is 16.5. The van der Waals surface area contributed by atoms with Crippen molar-refractivity contribution < 1.29 is 33.6 Å². The molecule has 0 amide bonds. The Kier molecular flexibility index (Phi) is 8.37. The number of esters is 2. The van der Waals surface area contributed by atoms with Gasteiger partial charge in [0.2, 0.25) is 0 Å². The number of hydrogen-bond donors (Lipinski definition) is 1. The summed E-state index contributed by atoms with van der Waals surface area (Å²) in [5.74, 6) is -0.622. The maximum Gasteiger partial charge on any atom is 0.342 e. The summed E-state index contributed by atoms with van der Waals surface area (Å²) >= 11 is 0. The molecule has 2 aliphatic rings. The summed E-state index contributed by atoms with van der Waals surface area (Å²) in [6, 6.07) is 0.642. The number of cyclic esters (lactones) is 1. The van der Waals surface area contributed by atoms with E-state index in [9.17, 15) is 14.7 Å². The van der Waals surface area contributed by atoms with Crippen LogP contribution in [0.4, 0.5) is 0 Å². The summed E-state index contributed by atoms with van der Waals surface area (Å²) in [6.45, 7) is 10.8. The third-order valence-electron chi connectivity index (χ3n) is 6.53. The van der Waals surface area contributed by atoms with E-state index in [0.29, 0.717) is 69.0 Å². The van der Waals surface area contributed by atoms with Crippen molar-refractivity contribution in [1.29, 1.82) is 0 Å². The van der Waals surface area contributed by atoms with Gasteiger partial charge in [-0.15, -0.1) is 0 Å². The number of carbonyl (C=O) groups is 2. The second-order valence-electron chi connectivity index (χ2n) is 8.86. The van der Waals surface area contributed by atoms with E-state index in [1.54, 1.807) is 0 Å². The number of phenolic OH excluding ortho intramolecular Hbond substituents is 1. The fraction of sp³-hybridized carbons (Fsp3) is 0.600. The molecule has 8 nitrogen and oxygen atoms in total. The molecule has 33 heavy (non-hydrogen) atoms. The normalized spacial score (nSPS) is 21.0. The summed E-state index contributed by atoms with van der Waals surface area (Å²) in [5, 5.41) is 10.5. The highest BCUT2D eigenvalue weighted by Gasteiger charge is 2.32. The van der Waals surface area contributed by atoms with Crippen LogP contribution in [0.15, 0.2) is 11.6 Å². The Morgan fingerprint density at radius 1 is 1.24 bits per heavy atom. The molecule has 2 unspecified atom stereocenters. The molecule has 0 bridgehead atoms. The summed E-state index contributed by atoms with van der Waals surface area (Å²) in [7, 11) is 1.47. The number of allylic oxidation sites excluding steroid dienone is 2. The minimum Gasteiger partial charge on any atom is -0.504 e. The number of benzene rings is 1. The van der Waals surface area contributed by atoms with E-state index in [0.717, 1.165) is 16.7 Å². The van der Waals surface area contributed by atoms with Crippen molar-refractivity contribution in [2.24, 2.45) is 0 Å². The largest absolute Gasteiger partial charge is 0.504 e. The number of hydrogen-bond acceptors (Lipinski definition) is 8. The topological polar surface area (TPSA) is 94.5 Å². The second-order valence-corrected chi connectivity index (χ2v) is 8.86. The number of fused-ring (bicyclic) bond motifs is 1. The van der Waals surface area contributed by atoms with Crippen LogP contribution in [-0.4, -0.2) is 67.5 Å². The van der Waals surface area contributed by atoms with E-state index < -0.39 is 5.97 Å². The second kappa shape index (κ2) is 11.0. The third kappa shape index (κ3) is 5.68. The number of ether oxygens (including phenoxy) is 4. The molecular weight excluding hydrogens is 426 g/mol. The van der Waals surface area contributed by atoms with E-state index in [1.165, 1.54) is 7.11 Å². The van der Waals surface area contributed by atoms with Gasteiger partial charge in [0.15, 0.2) is 11.5 Å². The number of phenols is 1. The highest BCUT2D eigenvalue weighted by molar-refractivity contribution is 5.98. The van der Waals surface area contributed by atoms with Crippen LogP contribution >= 0.6 is 0 Å². The summed E-state index contributed by atoms with van der Waals surface area (Å²) in [4.78, 5) is 26.4. The SMILES string of the molecule is COc1c(O)c2c(c(C)c1C/C=C(\C)CCC(=O)OCCN1C(C)COCC1C)COC2=O. The molecule has 2 aliphatic heterocycles. The van der Waals surface area contributed by atoms with Crippen LogP contribution in [0.2, 0.25) is 0 Å². The molecule has 8 heteroatoms. The standard InChI is InChI=1S/C25H35NO7/c1-15(7-9-21(27)32-11-10-26-16(2)12-31-13-17(26)3)6-8-19-18(4)20-14-33-25(29)22(20)23(28)24(19)30-5/h6,16-17,28H,7-14H2,1-5H3/b15-6+. The van der Waals surface area contributed by atoms with Gasteiger partial charge in [-0.1, -0.05) is 11.6 Å². The predicted molar refractivity (Wildman–Crippen MR) is 123 cm³/mol. The lowest BCUT2D eigenvalue weighted by Gasteiger charge is -2.38. The zero-order chi connectivity index (χ0) is 24.1. The maximum atomic E-state index is 12.2. The first kappa shape index (κ1) is 25.1. The summed E-state index contributed by atoms with van der Waals surface area (Å²) in [6.07, 6.45) is 3.42. The Hall–Kier alpha value is -2.58. The van der Waals surface area contributed by atoms with E-state index in [2.05, 4.69) is 18.7 Å². The van der Waals surface area contributed by atoms with Crippen LogP contribution in [0, 0.1) is 6.92 Å². The third-order valence-corrected chi connectivity index (χ3v) is 6.53. The van der Waals surface area contributed by atoms with Crippen molar-refractivity contribution in [3.05, 3.63) is 33.9 Å². The molecule has 2 atom stereocenters. The first-order valence-corrected chi connectivity index (χ1v) is 11.5. The molecule has 182 valence electrons. The summed E-state index contributed by atoms with van der Waals surface area (Å²) < 4.78 is 21.4. The molecular formula is C25H35NO7. The molecule has 1 saturated heterocycles. The van der Waals surface area contributed by atoms with Gasteiger partial charge in [0, 0.05) is 36.2 Å². The molecule has 0 aliphatic carbocycles. The van der Waals surface area contributed by atoms with Crippen LogP contribution in [0.25, 0.3) is 0 Å². The van der Waals surface area contributed by atoms with Crippen LogP contribution in [0.3, 0.4) is 0 Å². The van der Waals surface area contributed by atoms with Gasteiger partial charge in [0.05, 0.1) is 20.3 Å².